The third-order valence-corrected chi connectivity index (χ3v) is 9.11. The normalized spacial score (nSPS) is 16.5. The Morgan fingerprint density at radius 2 is 1.84 bits per heavy atom. The maximum atomic E-state index is 14.2. The lowest BCUT2D eigenvalue weighted by atomic mass is 10.00. The Kier molecular flexibility index (Phi) is 7.96. The van der Waals surface area contributed by atoms with Gasteiger partial charge < -0.3 is 15.0 Å². The highest BCUT2D eigenvalue weighted by atomic mass is 32.1. The zero-order chi connectivity index (χ0) is 30.1. The van der Waals surface area contributed by atoms with E-state index in [-0.39, 0.29) is 35.7 Å². The molecule has 1 N–H and O–H groups in total. The Morgan fingerprint density at radius 3 is 2.63 bits per heavy atom. The van der Waals surface area contributed by atoms with E-state index in [4.69, 9.17) is 9.72 Å². The van der Waals surface area contributed by atoms with Crippen LogP contribution in [0.1, 0.15) is 56.8 Å². The predicted molar refractivity (Wildman–Crippen MR) is 159 cm³/mol. The average Bonchev–Trinajstić information content (AvgIpc) is 3.68. The zero-order valence-corrected chi connectivity index (χ0v) is 24.4. The van der Waals surface area contributed by atoms with E-state index in [0.29, 0.717) is 41.4 Å². The van der Waals surface area contributed by atoms with Crippen LogP contribution in [0.2, 0.25) is 0 Å². The van der Waals surface area contributed by atoms with Crippen LogP contribution in [0, 0.1) is 6.92 Å². The number of nitrogens with zero attached hydrogens (tertiary/aromatic N) is 2. The third kappa shape index (κ3) is 6.01. The molecule has 43 heavy (non-hydrogen) atoms. The number of aromatic nitrogens is 1. The molecule has 0 spiro atoms. The molecule has 0 radical (unpaired) electrons. The number of rotatable bonds is 6. The van der Waals surface area contributed by atoms with Crippen molar-refractivity contribution in [2.24, 2.45) is 0 Å². The van der Waals surface area contributed by atoms with Crippen LogP contribution in [0.5, 0.6) is 5.75 Å². The molecule has 2 aliphatic heterocycles. The van der Waals surface area contributed by atoms with Gasteiger partial charge >= 0.3 is 6.18 Å². The van der Waals surface area contributed by atoms with E-state index in [9.17, 15) is 22.8 Å². The second-order valence-electron chi connectivity index (χ2n) is 10.9. The third-order valence-electron chi connectivity index (χ3n) is 7.95. The minimum atomic E-state index is -4.52. The van der Waals surface area contributed by atoms with Crippen molar-refractivity contribution in [3.8, 4) is 26.8 Å². The largest absolute Gasteiger partial charge is 0.493 e. The van der Waals surface area contributed by atoms with Crippen LogP contribution in [0.15, 0.2) is 66.7 Å². The number of fused-ring (bicyclic) bond motifs is 1. The molecule has 3 aromatic carbocycles. The predicted octanol–water partition coefficient (Wildman–Crippen LogP) is 7.16. The number of likely N-dealkylation sites (tertiary alicyclic amines) is 1. The number of carbonyl (C=O) groups excluding carboxylic acids is 2. The number of nitrogens with one attached hydrogen (secondary N) is 1. The highest BCUT2D eigenvalue weighted by Crippen LogP contribution is 2.39. The van der Waals surface area contributed by atoms with Gasteiger partial charge in [-0.25, -0.2) is 4.98 Å². The Balaban J connectivity index is 1.30. The summed E-state index contributed by atoms with van der Waals surface area (Å²) < 4.78 is 46.4. The van der Waals surface area contributed by atoms with Gasteiger partial charge in [-0.3, -0.25) is 9.59 Å². The molecule has 4 aromatic rings. The lowest BCUT2D eigenvalue weighted by Crippen LogP contribution is -2.49. The summed E-state index contributed by atoms with van der Waals surface area (Å²) in [6.07, 6.45) is -1.49. The van der Waals surface area contributed by atoms with Crippen molar-refractivity contribution in [1.82, 2.24) is 15.2 Å². The van der Waals surface area contributed by atoms with Gasteiger partial charge in [0.2, 0.25) is 0 Å². The van der Waals surface area contributed by atoms with Gasteiger partial charge in [0.15, 0.2) is 0 Å². The van der Waals surface area contributed by atoms with Gasteiger partial charge in [0, 0.05) is 42.2 Å². The maximum Gasteiger partial charge on any atom is 0.416 e. The summed E-state index contributed by atoms with van der Waals surface area (Å²) >= 11 is 1.20. The van der Waals surface area contributed by atoms with Gasteiger partial charge in [-0.1, -0.05) is 48.0 Å². The molecule has 0 bridgehead atoms. The van der Waals surface area contributed by atoms with Crippen molar-refractivity contribution in [3.05, 3.63) is 94.7 Å². The van der Waals surface area contributed by atoms with E-state index in [2.05, 4.69) is 5.32 Å². The molecule has 1 fully saturated rings. The number of amides is 2. The van der Waals surface area contributed by atoms with E-state index < -0.39 is 11.7 Å². The molecule has 6 nitrogen and oxygen atoms in total. The molecule has 0 saturated carbocycles. The van der Waals surface area contributed by atoms with E-state index in [0.717, 1.165) is 47.4 Å². The van der Waals surface area contributed by atoms with Gasteiger partial charge in [0.25, 0.3) is 11.8 Å². The van der Waals surface area contributed by atoms with Crippen molar-refractivity contribution in [1.29, 1.82) is 0 Å². The first-order valence-corrected chi connectivity index (χ1v) is 15.1. The molecule has 2 aliphatic rings. The molecule has 222 valence electrons. The number of carbonyl (C=O) groups is 2. The van der Waals surface area contributed by atoms with Gasteiger partial charge in [-0.05, 0) is 56.0 Å². The average molecular weight is 606 g/mol. The molecule has 0 aliphatic carbocycles. The molecule has 6 rings (SSSR count). The van der Waals surface area contributed by atoms with Gasteiger partial charge in [-0.15, -0.1) is 11.3 Å². The zero-order valence-electron chi connectivity index (χ0n) is 23.5. The first-order valence-electron chi connectivity index (χ1n) is 14.3. The number of aryl methyl sites for hydroxylation is 1. The van der Waals surface area contributed by atoms with E-state index in [1.165, 1.54) is 17.4 Å². The molecule has 1 saturated heterocycles. The summed E-state index contributed by atoms with van der Waals surface area (Å²) in [5.41, 5.74) is 2.91. The smallest absolute Gasteiger partial charge is 0.416 e. The minimum Gasteiger partial charge on any atom is -0.493 e. The van der Waals surface area contributed by atoms with Crippen molar-refractivity contribution < 1.29 is 27.5 Å². The number of hydrogen-bond acceptors (Lipinski definition) is 5. The summed E-state index contributed by atoms with van der Waals surface area (Å²) in [6.45, 7) is 3.22. The van der Waals surface area contributed by atoms with Crippen LogP contribution in [0.4, 0.5) is 13.2 Å². The summed E-state index contributed by atoms with van der Waals surface area (Å²) in [5.74, 6) is 0.146. The minimum absolute atomic E-state index is 0.121. The number of hydrogen-bond donors (Lipinski definition) is 1. The van der Waals surface area contributed by atoms with E-state index in [1.54, 1.807) is 23.1 Å². The first kappa shape index (κ1) is 28.9. The summed E-state index contributed by atoms with van der Waals surface area (Å²) in [4.78, 5) is 34.1. The van der Waals surface area contributed by atoms with Gasteiger partial charge in [0.1, 0.15) is 16.5 Å². The van der Waals surface area contributed by atoms with Crippen LogP contribution >= 0.6 is 11.3 Å². The Hall–Kier alpha value is -4.18. The quantitative estimate of drug-likeness (QED) is 0.253. The second kappa shape index (κ2) is 11.8. The molecule has 0 unspecified atom stereocenters. The molecule has 1 aromatic heterocycles. The Morgan fingerprint density at radius 1 is 1.05 bits per heavy atom. The molecular formula is C33H30F3N3O3S. The van der Waals surface area contributed by atoms with Gasteiger partial charge in [0.05, 0.1) is 17.0 Å². The van der Waals surface area contributed by atoms with Crippen LogP contribution in [-0.4, -0.2) is 47.4 Å². The van der Waals surface area contributed by atoms with Crippen molar-refractivity contribution >= 4 is 23.2 Å². The molecule has 10 heteroatoms. The number of benzene rings is 3. The van der Waals surface area contributed by atoms with Gasteiger partial charge in [-0.2, -0.15) is 13.2 Å². The van der Waals surface area contributed by atoms with Crippen molar-refractivity contribution in [2.75, 3.05) is 19.7 Å². The molecule has 2 amide bonds. The lowest BCUT2D eigenvalue weighted by Gasteiger charge is -2.35. The number of halogens is 3. The highest BCUT2D eigenvalue weighted by Gasteiger charge is 2.34. The SMILES string of the molecule is Cc1ccc(-c2nc(C(=O)N3CCCC[C@H]3CNC(=O)c3cccc4c3CCO4)c(-c3cccc(C(F)(F)F)c3)s2)cc1. The standard InChI is InChI=1S/C33H30F3N3O3S/c1-20-11-13-21(14-12-20)31-38-28(29(43-31)22-6-4-7-23(18-22)33(34,35)36)32(41)39-16-3-2-8-24(39)19-37-30(40)26-9-5-10-27-25(26)15-17-42-27/h4-7,9-14,18,24H,2-3,8,15-17,19H2,1H3,(H,37,40)/t24-/m0/s1. The Bertz CT molecular complexity index is 1670. The fourth-order valence-corrected chi connectivity index (χ4v) is 6.73. The first-order chi connectivity index (χ1) is 20.7. The van der Waals surface area contributed by atoms with E-state index >= 15 is 0 Å². The summed E-state index contributed by atoms with van der Waals surface area (Å²) in [5, 5.41) is 3.56. The number of piperidine rings is 1. The lowest BCUT2D eigenvalue weighted by molar-refractivity contribution is -0.137. The number of thiazole rings is 1. The van der Waals surface area contributed by atoms with Crippen LogP contribution in [0.25, 0.3) is 21.0 Å². The summed E-state index contributed by atoms with van der Waals surface area (Å²) in [6, 6.07) is 17.8. The fraction of sp³-hybridized carbons (Fsp3) is 0.303. The molecule has 1 atom stereocenters. The second-order valence-corrected chi connectivity index (χ2v) is 11.9. The number of alkyl halides is 3. The van der Waals surface area contributed by atoms with Crippen molar-refractivity contribution in [3.63, 3.8) is 0 Å². The highest BCUT2D eigenvalue weighted by molar-refractivity contribution is 7.18. The molecular weight excluding hydrogens is 575 g/mol. The Labute approximate surface area is 251 Å². The fourth-order valence-electron chi connectivity index (χ4n) is 5.67. The van der Waals surface area contributed by atoms with Crippen molar-refractivity contribution in [2.45, 2.75) is 44.8 Å². The topological polar surface area (TPSA) is 71.5 Å². The molecule has 3 heterocycles. The summed E-state index contributed by atoms with van der Waals surface area (Å²) in [7, 11) is 0. The van der Waals surface area contributed by atoms with Crippen LogP contribution in [-0.2, 0) is 12.6 Å². The number of ether oxygens (including phenoxy) is 1. The van der Waals surface area contributed by atoms with E-state index in [1.807, 2.05) is 37.3 Å². The monoisotopic (exact) mass is 605 g/mol. The van der Waals surface area contributed by atoms with Crippen LogP contribution in [0.3, 0.4) is 0 Å². The van der Waals surface area contributed by atoms with Crippen LogP contribution < -0.4 is 10.1 Å². The maximum absolute atomic E-state index is 14.2.